The average Bonchev–Trinajstić information content (AvgIpc) is 2.45. The van der Waals surface area contributed by atoms with E-state index >= 15 is 0 Å². The summed E-state index contributed by atoms with van der Waals surface area (Å²) in [5.41, 5.74) is 1.35. The quantitative estimate of drug-likeness (QED) is 0.663. The fraction of sp³-hybridized carbons (Fsp3) is 0.133. The predicted molar refractivity (Wildman–Crippen MR) is 86.6 cm³/mol. The summed E-state index contributed by atoms with van der Waals surface area (Å²) in [6, 6.07) is 9.49. The van der Waals surface area contributed by atoms with Gasteiger partial charge >= 0.3 is 0 Å². The van der Waals surface area contributed by atoms with Crippen molar-refractivity contribution in [1.29, 1.82) is 0 Å². The number of halogens is 2. The topological polar surface area (TPSA) is 72.2 Å². The van der Waals surface area contributed by atoms with Gasteiger partial charge < -0.3 is 5.32 Å². The van der Waals surface area contributed by atoms with Crippen molar-refractivity contribution in [3.63, 3.8) is 0 Å². The number of carbonyl (C=O) groups excluding carboxylic acids is 1. The molecule has 0 spiro atoms. The largest absolute Gasteiger partial charge is 0.326 e. The second kappa shape index (κ2) is 6.77. The molecule has 0 saturated carbocycles. The van der Waals surface area contributed by atoms with Gasteiger partial charge in [0.1, 0.15) is 0 Å². The molecule has 2 aromatic rings. The minimum Gasteiger partial charge on any atom is -0.326 e. The minimum absolute atomic E-state index is 0.0137. The van der Waals surface area contributed by atoms with Crippen molar-refractivity contribution >= 4 is 40.5 Å². The molecule has 2 rings (SSSR count). The van der Waals surface area contributed by atoms with Crippen LogP contribution >= 0.6 is 23.2 Å². The fourth-order valence-corrected chi connectivity index (χ4v) is 2.48. The highest BCUT2D eigenvalue weighted by atomic mass is 35.5. The Bertz CT molecular complexity index is 727. The molecule has 2 aromatic carbocycles. The van der Waals surface area contributed by atoms with Crippen LogP contribution in [0.1, 0.15) is 11.1 Å². The van der Waals surface area contributed by atoms with E-state index in [2.05, 4.69) is 5.32 Å². The zero-order chi connectivity index (χ0) is 16.3. The van der Waals surface area contributed by atoms with Gasteiger partial charge in [0.15, 0.2) is 0 Å². The molecular formula is C15H12Cl2N2O3. The number of carbonyl (C=O) groups is 1. The number of rotatable bonds is 4. The molecule has 114 valence electrons. The number of amides is 1. The van der Waals surface area contributed by atoms with Crippen LogP contribution < -0.4 is 5.32 Å². The average molecular weight is 339 g/mol. The van der Waals surface area contributed by atoms with Crippen molar-refractivity contribution in [3.8, 4) is 0 Å². The summed E-state index contributed by atoms with van der Waals surface area (Å²) in [7, 11) is 0. The van der Waals surface area contributed by atoms with Crippen LogP contribution in [0.15, 0.2) is 36.4 Å². The van der Waals surface area contributed by atoms with Crippen LogP contribution in [0.25, 0.3) is 0 Å². The summed E-state index contributed by atoms with van der Waals surface area (Å²) in [6.45, 7) is 1.63. The Morgan fingerprint density at radius 3 is 2.45 bits per heavy atom. The van der Waals surface area contributed by atoms with Crippen LogP contribution in [0.5, 0.6) is 0 Å². The second-order valence-electron chi connectivity index (χ2n) is 4.68. The lowest BCUT2D eigenvalue weighted by Crippen LogP contribution is -2.15. The van der Waals surface area contributed by atoms with Gasteiger partial charge in [-0.3, -0.25) is 14.9 Å². The van der Waals surface area contributed by atoms with Crippen LogP contribution in [0.3, 0.4) is 0 Å². The Balaban J connectivity index is 2.16. The first-order chi connectivity index (χ1) is 10.4. The second-order valence-corrected chi connectivity index (χ2v) is 5.50. The molecular weight excluding hydrogens is 327 g/mol. The lowest BCUT2D eigenvalue weighted by Gasteiger charge is -2.08. The van der Waals surface area contributed by atoms with Crippen LogP contribution in [-0.4, -0.2) is 10.8 Å². The minimum atomic E-state index is -0.490. The van der Waals surface area contributed by atoms with E-state index in [1.807, 2.05) is 0 Å². The van der Waals surface area contributed by atoms with Gasteiger partial charge in [0.2, 0.25) is 5.91 Å². The number of hydrogen-bond acceptors (Lipinski definition) is 3. The molecule has 0 bridgehead atoms. The maximum Gasteiger partial charge on any atom is 0.274 e. The summed E-state index contributed by atoms with van der Waals surface area (Å²) < 4.78 is 0. The zero-order valence-electron chi connectivity index (χ0n) is 11.6. The maximum absolute atomic E-state index is 12.1. The summed E-state index contributed by atoms with van der Waals surface area (Å²) in [5.74, 6) is -0.354. The van der Waals surface area contributed by atoms with Gasteiger partial charge in [0, 0.05) is 27.4 Å². The van der Waals surface area contributed by atoms with Crippen LogP contribution in [0.4, 0.5) is 11.4 Å². The molecule has 0 aromatic heterocycles. The Hall–Kier alpha value is -2.11. The number of nitro benzene ring substituents is 1. The van der Waals surface area contributed by atoms with Gasteiger partial charge in [-0.1, -0.05) is 35.3 Å². The molecule has 1 amide bonds. The lowest BCUT2D eigenvalue weighted by atomic mass is 10.1. The molecule has 0 radical (unpaired) electrons. The highest BCUT2D eigenvalue weighted by Crippen LogP contribution is 2.26. The first kappa shape index (κ1) is 16.3. The number of nitrogens with one attached hydrogen (secondary N) is 1. The van der Waals surface area contributed by atoms with Gasteiger partial charge in [-0.25, -0.2) is 0 Å². The number of aryl methyl sites for hydroxylation is 1. The van der Waals surface area contributed by atoms with Crippen LogP contribution in [-0.2, 0) is 11.2 Å². The van der Waals surface area contributed by atoms with Crippen LogP contribution in [0, 0.1) is 17.0 Å². The SMILES string of the molecule is Cc1ccc(NC(=O)Cc2c(Cl)cccc2Cl)cc1[N+](=O)[O-]. The summed E-state index contributed by atoms with van der Waals surface area (Å²) in [4.78, 5) is 22.5. The van der Waals surface area contributed by atoms with E-state index in [-0.39, 0.29) is 18.0 Å². The number of nitrogens with zero attached hydrogens (tertiary/aromatic N) is 1. The Kier molecular flexibility index (Phi) is 5.00. The van der Waals surface area contributed by atoms with E-state index in [0.29, 0.717) is 26.9 Å². The maximum atomic E-state index is 12.1. The molecule has 0 unspecified atom stereocenters. The van der Waals surface area contributed by atoms with Gasteiger partial charge in [-0.2, -0.15) is 0 Å². The highest BCUT2D eigenvalue weighted by molar-refractivity contribution is 6.36. The van der Waals surface area contributed by atoms with E-state index in [0.717, 1.165) is 0 Å². The first-order valence-corrected chi connectivity index (χ1v) is 7.12. The molecule has 7 heteroatoms. The molecule has 0 fully saturated rings. The smallest absolute Gasteiger partial charge is 0.274 e. The van der Waals surface area contributed by atoms with Gasteiger partial charge in [0.05, 0.1) is 11.3 Å². The molecule has 0 atom stereocenters. The van der Waals surface area contributed by atoms with Gasteiger partial charge in [-0.05, 0) is 30.7 Å². The van der Waals surface area contributed by atoms with E-state index in [1.54, 1.807) is 37.3 Å². The zero-order valence-corrected chi connectivity index (χ0v) is 13.1. The van der Waals surface area contributed by atoms with Crippen molar-refractivity contribution in [2.45, 2.75) is 13.3 Å². The number of benzene rings is 2. The first-order valence-electron chi connectivity index (χ1n) is 6.36. The van der Waals surface area contributed by atoms with Gasteiger partial charge in [-0.15, -0.1) is 0 Å². The third-order valence-corrected chi connectivity index (χ3v) is 3.80. The standard InChI is InChI=1S/C15H12Cl2N2O3/c1-9-5-6-10(7-14(9)19(21)22)18-15(20)8-11-12(16)3-2-4-13(11)17/h2-7H,8H2,1H3,(H,18,20). The van der Waals surface area contributed by atoms with E-state index in [9.17, 15) is 14.9 Å². The predicted octanol–water partition coefficient (Wildman–Crippen LogP) is 4.39. The third-order valence-electron chi connectivity index (χ3n) is 3.09. The normalized spacial score (nSPS) is 10.3. The van der Waals surface area contributed by atoms with Crippen molar-refractivity contribution < 1.29 is 9.72 Å². The van der Waals surface area contributed by atoms with Crippen molar-refractivity contribution in [2.24, 2.45) is 0 Å². The molecule has 0 saturated heterocycles. The van der Waals surface area contributed by atoms with Crippen molar-refractivity contribution in [1.82, 2.24) is 0 Å². The van der Waals surface area contributed by atoms with Crippen molar-refractivity contribution in [3.05, 3.63) is 67.7 Å². The number of nitro groups is 1. The Morgan fingerprint density at radius 2 is 1.86 bits per heavy atom. The highest BCUT2D eigenvalue weighted by Gasteiger charge is 2.14. The molecule has 22 heavy (non-hydrogen) atoms. The lowest BCUT2D eigenvalue weighted by molar-refractivity contribution is -0.385. The molecule has 0 aliphatic rings. The number of hydrogen-bond donors (Lipinski definition) is 1. The van der Waals surface area contributed by atoms with E-state index < -0.39 is 4.92 Å². The monoisotopic (exact) mass is 338 g/mol. The molecule has 0 aliphatic heterocycles. The molecule has 5 nitrogen and oxygen atoms in total. The Labute approximate surface area is 137 Å². The fourth-order valence-electron chi connectivity index (χ4n) is 1.95. The number of anilines is 1. The summed E-state index contributed by atoms with van der Waals surface area (Å²) in [5, 5.41) is 14.3. The van der Waals surface area contributed by atoms with Crippen molar-refractivity contribution in [2.75, 3.05) is 5.32 Å². The van der Waals surface area contributed by atoms with Gasteiger partial charge in [0.25, 0.3) is 5.69 Å². The third kappa shape index (κ3) is 3.75. The van der Waals surface area contributed by atoms with Crippen LogP contribution in [0.2, 0.25) is 10.0 Å². The van der Waals surface area contributed by atoms with E-state index in [4.69, 9.17) is 23.2 Å². The molecule has 1 N–H and O–H groups in total. The van der Waals surface area contributed by atoms with E-state index in [1.165, 1.54) is 6.07 Å². The Morgan fingerprint density at radius 1 is 1.23 bits per heavy atom. The molecule has 0 aliphatic carbocycles. The molecule has 0 heterocycles. The summed E-state index contributed by atoms with van der Waals surface area (Å²) in [6.07, 6.45) is -0.0137. The summed E-state index contributed by atoms with van der Waals surface area (Å²) >= 11 is 12.0.